The number of nitrogens with zero attached hydrogens (tertiary/aromatic N) is 2. The monoisotopic (exact) mass is 451 g/mol. The van der Waals surface area contributed by atoms with Crippen LogP contribution in [0.3, 0.4) is 0 Å². The molecule has 7 heteroatoms. The third kappa shape index (κ3) is 3.94. The molecular formula is C25H29N3O3S. The third-order valence-electron chi connectivity index (χ3n) is 7.01. The zero-order valence-corrected chi connectivity index (χ0v) is 19.2. The Bertz CT molecular complexity index is 1180. The molecule has 0 aromatic heterocycles. The maximum Gasteiger partial charge on any atom is 0.285 e. The van der Waals surface area contributed by atoms with Gasteiger partial charge in [0.25, 0.3) is 10.0 Å². The average Bonchev–Trinajstić information content (AvgIpc) is 3.10. The summed E-state index contributed by atoms with van der Waals surface area (Å²) >= 11 is 0. The van der Waals surface area contributed by atoms with Crippen molar-refractivity contribution < 1.29 is 13.2 Å². The van der Waals surface area contributed by atoms with Gasteiger partial charge < -0.3 is 10.2 Å². The molecule has 6 nitrogen and oxygen atoms in total. The van der Waals surface area contributed by atoms with Crippen molar-refractivity contribution in [1.29, 1.82) is 0 Å². The van der Waals surface area contributed by atoms with Gasteiger partial charge in [0.2, 0.25) is 5.91 Å². The highest BCUT2D eigenvalue weighted by molar-refractivity contribution is 7.90. The van der Waals surface area contributed by atoms with Crippen LogP contribution in [0.1, 0.15) is 60.9 Å². The van der Waals surface area contributed by atoms with E-state index in [9.17, 15) is 13.2 Å². The first kappa shape index (κ1) is 21.2. The van der Waals surface area contributed by atoms with E-state index in [1.54, 1.807) is 18.2 Å². The molecule has 3 aliphatic rings. The summed E-state index contributed by atoms with van der Waals surface area (Å²) in [6.45, 7) is 3.29. The van der Waals surface area contributed by atoms with Crippen molar-refractivity contribution in [3.8, 4) is 0 Å². The van der Waals surface area contributed by atoms with Gasteiger partial charge in [-0.15, -0.1) is 4.40 Å². The van der Waals surface area contributed by atoms with E-state index in [2.05, 4.69) is 27.9 Å². The number of nitrogens with one attached hydrogen (secondary N) is 1. The normalized spacial score (nSPS) is 20.8. The highest BCUT2D eigenvalue weighted by Crippen LogP contribution is 2.30. The summed E-state index contributed by atoms with van der Waals surface area (Å²) in [5, 5.41) is 3.20. The molecule has 2 aromatic rings. The Morgan fingerprint density at radius 3 is 2.56 bits per heavy atom. The molecule has 0 radical (unpaired) electrons. The summed E-state index contributed by atoms with van der Waals surface area (Å²) < 4.78 is 28.7. The van der Waals surface area contributed by atoms with Crippen LogP contribution >= 0.6 is 0 Å². The van der Waals surface area contributed by atoms with Crippen LogP contribution in [0.5, 0.6) is 0 Å². The first-order valence-corrected chi connectivity index (χ1v) is 13.0. The van der Waals surface area contributed by atoms with Crippen LogP contribution in [0.25, 0.3) is 0 Å². The number of likely N-dealkylation sites (tertiary alicyclic amines) is 1. The molecule has 1 amide bonds. The first-order chi connectivity index (χ1) is 15.4. The Labute approximate surface area is 189 Å². The van der Waals surface area contributed by atoms with E-state index in [4.69, 9.17) is 0 Å². The van der Waals surface area contributed by atoms with E-state index >= 15 is 0 Å². The smallest absolute Gasteiger partial charge is 0.285 e. The minimum absolute atomic E-state index is 0.0241. The Hall–Kier alpha value is -2.67. The Morgan fingerprint density at radius 2 is 1.78 bits per heavy atom. The Kier molecular flexibility index (Phi) is 5.53. The molecule has 0 spiro atoms. The molecule has 32 heavy (non-hydrogen) atoms. The molecule has 2 aromatic carbocycles. The lowest BCUT2D eigenvalue weighted by Gasteiger charge is -2.33. The summed E-state index contributed by atoms with van der Waals surface area (Å²) in [6, 6.07) is 13.6. The molecule has 1 unspecified atom stereocenters. The lowest BCUT2D eigenvalue weighted by Crippen LogP contribution is -2.43. The van der Waals surface area contributed by atoms with Crippen LogP contribution in [0.4, 0.5) is 0 Å². The molecule has 5 rings (SSSR count). The van der Waals surface area contributed by atoms with E-state index in [1.807, 2.05) is 17.9 Å². The number of carbonyl (C=O) groups is 1. The molecule has 2 heterocycles. The van der Waals surface area contributed by atoms with Gasteiger partial charge in [-0.05, 0) is 74.3 Å². The lowest BCUT2D eigenvalue weighted by atomic mass is 9.89. The fraction of sp³-hybridized carbons (Fsp3) is 0.440. The number of piperidine rings is 1. The van der Waals surface area contributed by atoms with Crippen molar-refractivity contribution in [2.45, 2.75) is 56.4 Å². The predicted octanol–water partition coefficient (Wildman–Crippen LogP) is 3.60. The van der Waals surface area contributed by atoms with Crippen LogP contribution in [0.2, 0.25) is 0 Å². The molecule has 1 N–H and O–H groups in total. The summed E-state index contributed by atoms with van der Waals surface area (Å²) in [5.41, 5.74) is 4.70. The molecule has 0 bridgehead atoms. The van der Waals surface area contributed by atoms with Gasteiger partial charge in [-0.3, -0.25) is 4.79 Å². The molecule has 1 aliphatic carbocycles. The highest BCUT2D eigenvalue weighted by atomic mass is 32.2. The predicted molar refractivity (Wildman–Crippen MR) is 124 cm³/mol. The summed E-state index contributed by atoms with van der Waals surface area (Å²) in [7, 11) is -3.62. The highest BCUT2D eigenvalue weighted by Gasteiger charge is 2.34. The van der Waals surface area contributed by atoms with E-state index in [0.29, 0.717) is 37.3 Å². The number of rotatable bonds is 3. The zero-order valence-electron chi connectivity index (χ0n) is 18.4. The van der Waals surface area contributed by atoms with Crippen LogP contribution in [-0.2, 0) is 27.7 Å². The zero-order chi connectivity index (χ0) is 22.3. The molecule has 0 saturated carbocycles. The standard InChI is InChI=1S/C25H29N3O3S/c1-17(20-11-10-18-6-2-3-7-21(18)16-20)26-25(29)19-12-14-28(15-13-19)24-22-8-4-5-9-23(22)32(30,31)27-24/h4-5,8-11,16-17,19H,2-3,6-7,12-15H2,1H3,(H,26,29). The van der Waals surface area contributed by atoms with E-state index in [0.717, 1.165) is 12.8 Å². The van der Waals surface area contributed by atoms with Gasteiger partial charge in [0.15, 0.2) is 5.84 Å². The number of fused-ring (bicyclic) bond motifs is 2. The molecule has 2 aliphatic heterocycles. The Morgan fingerprint density at radius 1 is 1.06 bits per heavy atom. The van der Waals surface area contributed by atoms with Crippen molar-refractivity contribution >= 4 is 21.8 Å². The second-order valence-corrected chi connectivity index (χ2v) is 10.7. The first-order valence-electron chi connectivity index (χ1n) is 11.5. The van der Waals surface area contributed by atoms with Crippen LogP contribution in [-0.4, -0.2) is 38.2 Å². The summed E-state index contributed by atoms with van der Waals surface area (Å²) in [6.07, 6.45) is 6.17. The van der Waals surface area contributed by atoms with E-state index < -0.39 is 10.0 Å². The van der Waals surface area contributed by atoms with Crippen molar-refractivity contribution in [2.24, 2.45) is 10.3 Å². The maximum atomic E-state index is 12.9. The SMILES string of the molecule is CC(NC(=O)C1CCN(C2=NS(=O)(=O)c3ccccc32)CC1)c1ccc2c(c1)CCCC2. The van der Waals surface area contributed by atoms with Crippen molar-refractivity contribution in [3.63, 3.8) is 0 Å². The van der Waals surface area contributed by atoms with Crippen molar-refractivity contribution in [3.05, 3.63) is 64.7 Å². The molecule has 168 valence electrons. The van der Waals surface area contributed by atoms with Gasteiger partial charge >= 0.3 is 0 Å². The topological polar surface area (TPSA) is 78.8 Å². The average molecular weight is 452 g/mol. The minimum Gasteiger partial charge on any atom is -0.355 e. The lowest BCUT2D eigenvalue weighted by molar-refractivity contribution is -0.126. The number of amides is 1. The minimum atomic E-state index is -3.62. The number of hydrogen-bond acceptors (Lipinski definition) is 4. The fourth-order valence-corrected chi connectivity index (χ4v) is 6.33. The number of hydrogen-bond donors (Lipinski definition) is 1. The third-order valence-corrected chi connectivity index (χ3v) is 8.33. The van der Waals surface area contributed by atoms with Gasteiger partial charge in [-0.2, -0.15) is 8.42 Å². The van der Waals surface area contributed by atoms with Gasteiger partial charge in [-0.1, -0.05) is 30.3 Å². The number of amidine groups is 1. The summed E-state index contributed by atoms with van der Waals surface area (Å²) in [5.74, 6) is 0.526. The van der Waals surface area contributed by atoms with Gasteiger partial charge in [0.1, 0.15) is 4.90 Å². The van der Waals surface area contributed by atoms with E-state index in [1.165, 1.54) is 29.5 Å². The van der Waals surface area contributed by atoms with Crippen molar-refractivity contribution in [1.82, 2.24) is 10.2 Å². The van der Waals surface area contributed by atoms with Crippen LogP contribution < -0.4 is 5.32 Å². The van der Waals surface area contributed by atoms with Gasteiger partial charge in [0, 0.05) is 24.6 Å². The quantitative estimate of drug-likeness (QED) is 0.773. The molecule has 1 atom stereocenters. The number of benzene rings is 2. The molecule has 1 fully saturated rings. The largest absolute Gasteiger partial charge is 0.355 e. The summed E-state index contributed by atoms with van der Waals surface area (Å²) in [4.78, 5) is 15.2. The Balaban J connectivity index is 1.21. The number of carbonyl (C=O) groups excluding carboxylic acids is 1. The second-order valence-electron chi connectivity index (χ2n) is 9.11. The van der Waals surface area contributed by atoms with E-state index in [-0.39, 0.29) is 22.8 Å². The van der Waals surface area contributed by atoms with Crippen LogP contribution in [0, 0.1) is 5.92 Å². The number of sulfonamides is 1. The number of aryl methyl sites for hydroxylation is 2. The van der Waals surface area contributed by atoms with Gasteiger partial charge in [0.05, 0.1) is 6.04 Å². The van der Waals surface area contributed by atoms with Crippen molar-refractivity contribution in [2.75, 3.05) is 13.1 Å². The maximum absolute atomic E-state index is 12.9. The molecular weight excluding hydrogens is 422 g/mol. The second kappa shape index (κ2) is 8.35. The van der Waals surface area contributed by atoms with Crippen LogP contribution in [0.15, 0.2) is 51.8 Å². The van der Waals surface area contributed by atoms with Gasteiger partial charge in [-0.25, -0.2) is 0 Å². The molecule has 1 saturated heterocycles. The fourth-order valence-electron chi connectivity index (χ4n) is 5.11.